The molecule has 0 atom stereocenters. The van der Waals surface area contributed by atoms with Gasteiger partial charge in [0.2, 0.25) is 0 Å². The van der Waals surface area contributed by atoms with Crippen LogP contribution in [0.4, 0.5) is 0 Å². The third-order valence-electron chi connectivity index (χ3n) is 4.15. The van der Waals surface area contributed by atoms with E-state index in [1.807, 2.05) is 0 Å². The molecule has 3 rings (SSSR count). The minimum atomic E-state index is -0.387. The van der Waals surface area contributed by atoms with Crippen LogP contribution in [0.15, 0.2) is 72.8 Å². The molecule has 1 heteroatoms. The zero-order valence-electron chi connectivity index (χ0n) is 13.2. The second-order valence-electron chi connectivity index (χ2n) is 5.92. The van der Waals surface area contributed by atoms with E-state index >= 15 is 0 Å². The van der Waals surface area contributed by atoms with Gasteiger partial charge in [-0.1, -0.05) is 94.3 Å². The monoisotopic (exact) mass is 362 g/mol. The fourth-order valence-corrected chi connectivity index (χ4v) is 3.55. The highest BCUT2D eigenvalue weighted by Crippen LogP contribution is 2.44. The molecule has 0 aromatic heterocycles. The number of rotatable bonds is 3. The van der Waals surface area contributed by atoms with Gasteiger partial charge < -0.3 is 0 Å². The van der Waals surface area contributed by atoms with Crippen LogP contribution in [0.2, 0.25) is 0 Å². The van der Waals surface area contributed by atoms with Crippen LogP contribution in [0.5, 0.6) is 0 Å². The molecular weight excluding hydrogens is 344 g/mol. The van der Waals surface area contributed by atoms with Gasteiger partial charge in [0.05, 0.1) is 0 Å². The second kappa shape index (κ2) is 6.33. The molecule has 0 heterocycles. The van der Waals surface area contributed by atoms with Crippen molar-refractivity contribution in [1.82, 2.24) is 0 Å². The van der Waals surface area contributed by atoms with Crippen molar-refractivity contribution in [1.29, 1.82) is 0 Å². The largest absolute Gasteiger partial charge is 0.100 e. The molecule has 0 aliphatic carbocycles. The van der Waals surface area contributed by atoms with E-state index in [-0.39, 0.29) is 4.32 Å². The number of benzene rings is 3. The van der Waals surface area contributed by atoms with Gasteiger partial charge in [-0.25, -0.2) is 0 Å². The molecule has 0 nitrogen and oxygen atoms in total. The van der Waals surface area contributed by atoms with E-state index in [2.05, 4.69) is 109 Å². The summed E-state index contributed by atoms with van der Waals surface area (Å²) in [7, 11) is 0. The quantitative estimate of drug-likeness (QED) is 0.393. The van der Waals surface area contributed by atoms with Gasteiger partial charge in [0.25, 0.3) is 0 Å². The lowest BCUT2D eigenvalue weighted by molar-refractivity contribution is 0.914. The first kappa shape index (κ1) is 16.0. The molecule has 0 bridgehead atoms. The summed E-state index contributed by atoms with van der Waals surface area (Å²) in [6.45, 7) is 10.1. The molecule has 0 saturated carbocycles. The lowest BCUT2D eigenvalue weighted by Gasteiger charge is -2.30. The molecule has 0 aliphatic rings. The highest BCUT2D eigenvalue weighted by Gasteiger charge is 2.33. The van der Waals surface area contributed by atoms with E-state index in [4.69, 9.17) is 0 Å². The molecule has 0 N–H and O–H groups in total. The molecule has 3 aromatic carbocycles. The van der Waals surface area contributed by atoms with Gasteiger partial charge in [0.1, 0.15) is 4.32 Å². The van der Waals surface area contributed by atoms with E-state index in [9.17, 15) is 0 Å². The van der Waals surface area contributed by atoms with Crippen LogP contribution in [0.25, 0.3) is 0 Å². The minimum Gasteiger partial charge on any atom is -0.0696 e. The highest BCUT2D eigenvalue weighted by atomic mass is 79.9. The Hall–Kier alpha value is -1.86. The Kier molecular flexibility index (Phi) is 4.41. The summed E-state index contributed by atoms with van der Waals surface area (Å²) in [6.07, 6.45) is 0. The van der Waals surface area contributed by atoms with Gasteiger partial charge in [-0.2, -0.15) is 0 Å². The van der Waals surface area contributed by atoms with Crippen LogP contribution in [0, 0.1) is 20.8 Å². The summed E-state index contributed by atoms with van der Waals surface area (Å²) in [6, 6.07) is 25.4. The topological polar surface area (TPSA) is 0 Å². The first-order valence-corrected chi connectivity index (χ1v) is 8.40. The SMILES string of the molecule is [CH2]c1ccc(C(Br)(c2ccc([CH2])cc2)c2ccc(C)cc2)cc1. The summed E-state index contributed by atoms with van der Waals surface area (Å²) < 4.78 is -0.387. The fraction of sp³-hybridized carbons (Fsp3) is 0.0909. The molecule has 0 fully saturated rings. The Bertz CT molecular complexity index is 670. The van der Waals surface area contributed by atoms with Crippen molar-refractivity contribution in [3.05, 3.63) is 120 Å². The average Bonchev–Trinajstić information content (AvgIpc) is 2.56. The normalized spacial score (nSPS) is 11.5. The number of halogens is 1. The van der Waals surface area contributed by atoms with Gasteiger partial charge >= 0.3 is 0 Å². The summed E-state index contributed by atoms with van der Waals surface area (Å²) in [4.78, 5) is 0. The van der Waals surface area contributed by atoms with Gasteiger partial charge in [0.15, 0.2) is 0 Å². The Balaban J connectivity index is 2.21. The molecule has 0 saturated heterocycles. The van der Waals surface area contributed by atoms with Crippen molar-refractivity contribution >= 4 is 15.9 Å². The van der Waals surface area contributed by atoms with Crippen molar-refractivity contribution in [2.45, 2.75) is 11.2 Å². The minimum absolute atomic E-state index is 0.387. The maximum atomic E-state index is 4.04. The zero-order chi connectivity index (χ0) is 16.4. The lowest BCUT2D eigenvalue weighted by atomic mass is 9.84. The molecule has 0 aliphatic heterocycles. The second-order valence-corrected chi connectivity index (χ2v) is 7.11. The number of aryl methyl sites for hydroxylation is 1. The Morgan fingerprint density at radius 1 is 0.609 bits per heavy atom. The Morgan fingerprint density at radius 3 is 1.26 bits per heavy atom. The summed E-state index contributed by atoms with van der Waals surface area (Å²) in [5.41, 5.74) is 6.86. The molecule has 23 heavy (non-hydrogen) atoms. The van der Waals surface area contributed by atoms with Crippen LogP contribution < -0.4 is 0 Å². The molecular formula is C22H19Br. The maximum Gasteiger partial charge on any atom is 0.100 e. The van der Waals surface area contributed by atoms with Crippen molar-refractivity contribution in [2.75, 3.05) is 0 Å². The molecule has 0 amide bonds. The third kappa shape index (κ3) is 3.11. The molecule has 3 aromatic rings. The van der Waals surface area contributed by atoms with Crippen molar-refractivity contribution in [3.63, 3.8) is 0 Å². The molecule has 2 radical (unpaired) electrons. The number of alkyl halides is 1. The van der Waals surface area contributed by atoms with Gasteiger partial charge in [0, 0.05) is 0 Å². The summed E-state index contributed by atoms with van der Waals surface area (Å²) in [5.74, 6) is 0. The average molecular weight is 363 g/mol. The molecule has 0 spiro atoms. The third-order valence-corrected chi connectivity index (χ3v) is 5.53. The lowest BCUT2D eigenvalue weighted by Crippen LogP contribution is -2.21. The number of hydrogen-bond donors (Lipinski definition) is 0. The first-order chi connectivity index (χ1) is 11.0. The maximum absolute atomic E-state index is 4.04. The van der Waals surface area contributed by atoms with E-state index in [1.54, 1.807) is 0 Å². The Morgan fingerprint density at radius 2 is 0.913 bits per heavy atom. The van der Waals surface area contributed by atoms with E-state index in [1.165, 1.54) is 22.3 Å². The smallest absolute Gasteiger partial charge is 0.0696 e. The molecule has 0 unspecified atom stereocenters. The number of hydrogen-bond acceptors (Lipinski definition) is 0. The van der Waals surface area contributed by atoms with Gasteiger partial charge in [-0.3, -0.25) is 0 Å². The van der Waals surface area contributed by atoms with Crippen LogP contribution in [-0.4, -0.2) is 0 Å². The van der Waals surface area contributed by atoms with Gasteiger partial charge in [-0.05, 0) is 48.6 Å². The van der Waals surface area contributed by atoms with E-state index < -0.39 is 0 Å². The summed E-state index contributed by atoms with van der Waals surface area (Å²) in [5, 5.41) is 0. The fourth-order valence-electron chi connectivity index (χ4n) is 2.75. The van der Waals surface area contributed by atoms with Crippen molar-refractivity contribution in [2.24, 2.45) is 0 Å². The van der Waals surface area contributed by atoms with Crippen LogP contribution in [-0.2, 0) is 4.32 Å². The summed E-state index contributed by atoms with van der Waals surface area (Å²) >= 11 is 4.04. The van der Waals surface area contributed by atoms with Crippen molar-refractivity contribution in [3.8, 4) is 0 Å². The predicted octanol–water partition coefficient (Wildman–Crippen LogP) is 6.05. The van der Waals surface area contributed by atoms with E-state index in [0.29, 0.717) is 0 Å². The molecule has 114 valence electrons. The first-order valence-electron chi connectivity index (χ1n) is 7.61. The Labute approximate surface area is 147 Å². The predicted molar refractivity (Wildman–Crippen MR) is 102 cm³/mol. The van der Waals surface area contributed by atoms with Crippen molar-refractivity contribution < 1.29 is 0 Å². The van der Waals surface area contributed by atoms with E-state index in [0.717, 1.165) is 11.1 Å². The standard InChI is InChI=1S/C22H19Br/c1-16-4-10-19(11-5-16)22(23,20-12-6-17(2)7-13-20)21-14-8-18(3)9-15-21/h4-15H,1-2H2,3H3. The zero-order valence-corrected chi connectivity index (χ0v) is 14.8. The highest BCUT2D eigenvalue weighted by molar-refractivity contribution is 9.10. The van der Waals surface area contributed by atoms with Crippen LogP contribution in [0.1, 0.15) is 33.4 Å². The van der Waals surface area contributed by atoms with Gasteiger partial charge in [-0.15, -0.1) is 0 Å². The van der Waals surface area contributed by atoms with Crippen LogP contribution >= 0.6 is 15.9 Å². The van der Waals surface area contributed by atoms with Crippen LogP contribution in [0.3, 0.4) is 0 Å².